The van der Waals surface area contributed by atoms with Gasteiger partial charge < -0.3 is 35.7 Å². The van der Waals surface area contributed by atoms with Crippen LogP contribution in [0.15, 0.2) is 12.2 Å². The van der Waals surface area contributed by atoms with Crippen LogP contribution in [-0.4, -0.2) is 80.4 Å². The number of hydrogen-bond acceptors (Lipinski definition) is 7. The SMILES string of the molecule is CCCCCCCC/C=C\CCCCCCCCCCCC(=O)O.OCC(O)CO.OCC(O)CO. The number of aliphatic hydroxyl groups excluding tert-OH is 6. The molecule has 0 aliphatic carbocycles. The lowest BCUT2D eigenvalue weighted by Crippen LogP contribution is -2.15. The Bertz CT molecular complexity index is 414. The molecule has 0 fully saturated rings. The second-order valence-electron chi connectivity index (χ2n) is 9.18. The standard InChI is InChI=1S/C22H42O2.2C3H8O3/c1-2-3-4-5-6-7-8-9-10-11-12-13-14-15-16-17-18-19-20-21-22(23)24;2*4-1-3(6)2-5/h9-10H,2-8,11-21H2,1H3,(H,23,24);2*3-6H,1-2H2/b10-9-;;. The summed E-state index contributed by atoms with van der Waals surface area (Å²) in [5.74, 6) is -0.656. The summed E-state index contributed by atoms with van der Waals surface area (Å²) < 4.78 is 0. The van der Waals surface area contributed by atoms with Gasteiger partial charge in [-0.05, 0) is 32.1 Å². The molecule has 0 bridgehead atoms. The Morgan fingerprint density at radius 1 is 0.556 bits per heavy atom. The van der Waals surface area contributed by atoms with Crippen molar-refractivity contribution >= 4 is 5.97 Å². The summed E-state index contributed by atoms with van der Waals surface area (Å²) in [6, 6.07) is 0. The minimum Gasteiger partial charge on any atom is -0.481 e. The van der Waals surface area contributed by atoms with Gasteiger partial charge in [-0.1, -0.05) is 96.1 Å². The fourth-order valence-corrected chi connectivity index (χ4v) is 3.17. The summed E-state index contributed by atoms with van der Waals surface area (Å²) >= 11 is 0. The van der Waals surface area contributed by atoms with Crippen molar-refractivity contribution < 1.29 is 40.5 Å². The molecule has 7 N–H and O–H groups in total. The molecule has 8 nitrogen and oxygen atoms in total. The number of aliphatic carboxylic acids is 1. The molecule has 0 amide bonds. The maximum atomic E-state index is 10.4. The molecule has 218 valence electrons. The van der Waals surface area contributed by atoms with E-state index in [9.17, 15) is 4.79 Å². The van der Waals surface area contributed by atoms with Crippen LogP contribution >= 0.6 is 0 Å². The summed E-state index contributed by atoms with van der Waals surface area (Å²) in [7, 11) is 0. The van der Waals surface area contributed by atoms with E-state index in [1.807, 2.05) is 0 Å². The molecule has 0 aliphatic heterocycles. The van der Waals surface area contributed by atoms with Crippen LogP contribution in [-0.2, 0) is 4.79 Å². The van der Waals surface area contributed by atoms with E-state index in [1.54, 1.807) is 0 Å². The van der Waals surface area contributed by atoms with Crippen molar-refractivity contribution in [1.29, 1.82) is 0 Å². The van der Waals surface area contributed by atoms with Crippen LogP contribution in [0.3, 0.4) is 0 Å². The summed E-state index contributed by atoms with van der Waals surface area (Å²) in [6.07, 6.45) is 25.2. The van der Waals surface area contributed by atoms with Gasteiger partial charge in [-0.15, -0.1) is 0 Å². The summed E-state index contributed by atoms with van der Waals surface area (Å²) in [5, 5.41) is 56.6. The number of allylic oxidation sites excluding steroid dienone is 2. The van der Waals surface area contributed by atoms with Crippen LogP contribution in [0.4, 0.5) is 0 Å². The molecular weight excluding hydrogens is 464 g/mol. The first-order valence-corrected chi connectivity index (χ1v) is 14.1. The zero-order valence-corrected chi connectivity index (χ0v) is 22.9. The molecule has 0 heterocycles. The average molecular weight is 523 g/mol. The topological polar surface area (TPSA) is 159 Å². The Morgan fingerprint density at radius 2 is 0.861 bits per heavy atom. The van der Waals surface area contributed by atoms with Gasteiger partial charge in [-0.25, -0.2) is 0 Å². The first kappa shape index (κ1) is 39.5. The van der Waals surface area contributed by atoms with Gasteiger partial charge in [0, 0.05) is 6.42 Å². The normalized spacial score (nSPS) is 10.9. The van der Waals surface area contributed by atoms with E-state index in [1.165, 1.54) is 96.3 Å². The molecular formula is C28H58O8. The predicted octanol–water partition coefficient (Wildman–Crippen LogP) is 4.33. The van der Waals surface area contributed by atoms with Crippen LogP contribution in [0.2, 0.25) is 0 Å². The lowest BCUT2D eigenvalue weighted by atomic mass is 10.1. The minimum absolute atomic E-state index is 0.340. The van der Waals surface area contributed by atoms with Crippen molar-refractivity contribution in [3.63, 3.8) is 0 Å². The summed E-state index contributed by atoms with van der Waals surface area (Å²) in [4.78, 5) is 10.4. The van der Waals surface area contributed by atoms with Crippen LogP contribution < -0.4 is 0 Å². The highest BCUT2D eigenvalue weighted by atomic mass is 16.4. The second kappa shape index (κ2) is 36.1. The number of hydrogen-bond donors (Lipinski definition) is 7. The van der Waals surface area contributed by atoms with Crippen LogP contribution in [0.1, 0.15) is 122 Å². The van der Waals surface area contributed by atoms with E-state index in [0.29, 0.717) is 6.42 Å². The van der Waals surface area contributed by atoms with Gasteiger partial charge in [-0.3, -0.25) is 4.79 Å². The quantitative estimate of drug-likeness (QED) is 0.0771. The van der Waals surface area contributed by atoms with Gasteiger partial charge in [0.25, 0.3) is 0 Å². The molecule has 0 aromatic rings. The van der Waals surface area contributed by atoms with Gasteiger partial charge >= 0.3 is 5.97 Å². The molecule has 0 aliphatic rings. The highest BCUT2D eigenvalue weighted by Gasteiger charge is 1.97. The molecule has 0 atom stereocenters. The van der Waals surface area contributed by atoms with E-state index in [4.69, 9.17) is 35.7 Å². The Hall–Kier alpha value is -1.03. The van der Waals surface area contributed by atoms with Crippen LogP contribution in [0, 0.1) is 0 Å². The minimum atomic E-state index is -0.954. The molecule has 36 heavy (non-hydrogen) atoms. The largest absolute Gasteiger partial charge is 0.481 e. The zero-order chi connectivity index (χ0) is 27.7. The lowest BCUT2D eigenvalue weighted by molar-refractivity contribution is -0.137. The van der Waals surface area contributed by atoms with E-state index in [0.717, 1.165) is 12.8 Å². The molecule has 0 unspecified atom stereocenters. The maximum Gasteiger partial charge on any atom is 0.303 e. The predicted molar refractivity (Wildman–Crippen MR) is 146 cm³/mol. The smallest absolute Gasteiger partial charge is 0.303 e. The number of carboxylic acid groups (broad SMARTS) is 1. The third-order valence-corrected chi connectivity index (χ3v) is 5.50. The molecule has 0 saturated carbocycles. The molecule has 0 aromatic carbocycles. The fourth-order valence-electron chi connectivity index (χ4n) is 3.17. The van der Waals surface area contributed by atoms with Gasteiger partial charge in [0.1, 0.15) is 12.2 Å². The number of rotatable bonds is 23. The van der Waals surface area contributed by atoms with Gasteiger partial charge in [0.05, 0.1) is 26.4 Å². The Labute approximate surface area is 220 Å². The van der Waals surface area contributed by atoms with E-state index >= 15 is 0 Å². The van der Waals surface area contributed by atoms with Crippen molar-refractivity contribution in [2.75, 3.05) is 26.4 Å². The Balaban J connectivity index is -0.000000742. The molecule has 0 saturated heterocycles. The average Bonchev–Trinajstić information content (AvgIpc) is 2.89. The highest BCUT2D eigenvalue weighted by molar-refractivity contribution is 5.66. The monoisotopic (exact) mass is 522 g/mol. The van der Waals surface area contributed by atoms with Crippen molar-refractivity contribution in [1.82, 2.24) is 0 Å². The number of unbranched alkanes of at least 4 members (excludes halogenated alkanes) is 15. The molecule has 8 heteroatoms. The van der Waals surface area contributed by atoms with Crippen molar-refractivity contribution in [3.8, 4) is 0 Å². The lowest BCUT2D eigenvalue weighted by Gasteiger charge is -2.01. The molecule has 0 rings (SSSR count). The van der Waals surface area contributed by atoms with Gasteiger partial charge in [0.2, 0.25) is 0 Å². The summed E-state index contributed by atoms with van der Waals surface area (Å²) in [5.41, 5.74) is 0. The zero-order valence-electron chi connectivity index (χ0n) is 22.9. The number of carbonyl (C=O) groups is 1. The fraction of sp³-hybridized carbons (Fsp3) is 0.893. The van der Waals surface area contributed by atoms with Crippen molar-refractivity contribution in [2.45, 2.75) is 135 Å². The highest BCUT2D eigenvalue weighted by Crippen LogP contribution is 2.12. The van der Waals surface area contributed by atoms with Crippen molar-refractivity contribution in [2.24, 2.45) is 0 Å². The first-order valence-electron chi connectivity index (χ1n) is 14.1. The van der Waals surface area contributed by atoms with E-state index in [-0.39, 0.29) is 26.4 Å². The molecule has 0 radical (unpaired) electrons. The third kappa shape index (κ3) is 43.1. The third-order valence-electron chi connectivity index (χ3n) is 5.50. The van der Waals surface area contributed by atoms with Gasteiger partial charge in [-0.2, -0.15) is 0 Å². The Kier molecular flexibility index (Phi) is 39.6. The van der Waals surface area contributed by atoms with Crippen LogP contribution in [0.5, 0.6) is 0 Å². The van der Waals surface area contributed by atoms with Gasteiger partial charge in [0.15, 0.2) is 0 Å². The van der Waals surface area contributed by atoms with Crippen molar-refractivity contribution in [3.05, 3.63) is 12.2 Å². The van der Waals surface area contributed by atoms with E-state index in [2.05, 4.69) is 19.1 Å². The number of aliphatic hydroxyl groups is 6. The first-order chi connectivity index (χ1) is 17.4. The van der Waals surface area contributed by atoms with E-state index < -0.39 is 18.2 Å². The Morgan fingerprint density at radius 3 is 1.14 bits per heavy atom. The maximum absolute atomic E-state index is 10.4. The number of carboxylic acids is 1. The molecule has 0 aromatic heterocycles. The summed E-state index contributed by atoms with van der Waals surface area (Å²) in [6.45, 7) is 0.813. The second-order valence-corrected chi connectivity index (χ2v) is 9.18. The van der Waals surface area contributed by atoms with Crippen LogP contribution in [0.25, 0.3) is 0 Å². The molecule has 0 spiro atoms.